The van der Waals surface area contributed by atoms with Gasteiger partial charge in [0.1, 0.15) is 0 Å². The van der Waals surface area contributed by atoms with Gasteiger partial charge in [0.2, 0.25) is 0 Å². The first-order valence-corrected chi connectivity index (χ1v) is 6.07. The fourth-order valence-corrected chi connectivity index (χ4v) is 1.91. The van der Waals surface area contributed by atoms with E-state index < -0.39 is 0 Å². The Balaban J connectivity index is 1.72. The van der Waals surface area contributed by atoms with Gasteiger partial charge in [0.15, 0.2) is 0 Å². The lowest BCUT2D eigenvalue weighted by molar-refractivity contribution is 0.0949. The molecule has 1 N–H and O–H groups in total. The molecular weight excluding hydrogens is 212 g/mol. The molecule has 0 saturated carbocycles. The highest BCUT2D eigenvalue weighted by Gasteiger charge is 2.07. The van der Waals surface area contributed by atoms with Crippen LogP contribution in [0.2, 0.25) is 0 Å². The van der Waals surface area contributed by atoms with Gasteiger partial charge in [-0.2, -0.15) is 0 Å². The van der Waals surface area contributed by atoms with Crippen LogP contribution >= 0.6 is 0 Å². The zero-order chi connectivity index (χ0) is 11.9. The van der Waals surface area contributed by atoms with Crippen molar-refractivity contribution in [3.63, 3.8) is 0 Å². The summed E-state index contributed by atoms with van der Waals surface area (Å²) in [5, 5.41) is 2.94. The number of amides is 1. The highest BCUT2D eigenvalue weighted by molar-refractivity contribution is 5.94. The third-order valence-electron chi connectivity index (χ3n) is 2.89. The average Bonchev–Trinajstić information content (AvgIpc) is 2.41. The van der Waals surface area contributed by atoms with Crippen LogP contribution in [-0.4, -0.2) is 37.0 Å². The zero-order valence-electron chi connectivity index (χ0n) is 9.93. The number of rotatable bonds is 4. The Morgan fingerprint density at radius 2 is 2.06 bits per heavy atom. The van der Waals surface area contributed by atoms with Gasteiger partial charge in [0, 0.05) is 31.7 Å². The van der Waals surface area contributed by atoms with E-state index in [1.807, 2.05) is 30.3 Å². The van der Waals surface area contributed by atoms with Gasteiger partial charge in [-0.25, -0.2) is 0 Å². The van der Waals surface area contributed by atoms with Gasteiger partial charge >= 0.3 is 0 Å². The molecule has 90 valence electrons. The number of hydrogen-bond acceptors (Lipinski definition) is 2. The minimum absolute atomic E-state index is 0.0122. The Hall–Kier alpha value is -1.61. The van der Waals surface area contributed by atoms with E-state index in [-0.39, 0.29) is 5.91 Å². The van der Waals surface area contributed by atoms with Crippen molar-refractivity contribution in [1.29, 1.82) is 0 Å². The number of hydrogen-bond donors (Lipinski definition) is 1. The van der Waals surface area contributed by atoms with Crippen molar-refractivity contribution in [2.24, 2.45) is 0 Å². The molecule has 3 nitrogen and oxygen atoms in total. The molecule has 1 aromatic carbocycles. The van der Waals surface area contributed by atoms with Gasteiger partial charge in [-0.3, -0.25) is 9.69 Å². The fourth-order valence-electron chi connectivity index (χ4n) is 1.91. The largest absolute Gasteiger partial charge is 0.351 e. The van der Waals surface area contributed by atoms with E-state index in [1.165, 1.54) is 0 Å². The van der Waals surface area contributed by atoms with Crippen molar-refractivity contribution in [3.8, 4) is 0 Å². The van der Waals surface area contributed by atoms with Crippen molar-refractivity contribution in [1.82, 2.24) is 10.2 Å². The summed E-state index contributed by atoms with van der Waals surface area (Å²) in [6.07, 6.45) is 5.51. The second kappa shape index (κ2) is 6.21. The van der Waals surface area contributed by atoms with E-state index in [1.54, 1.807) is 0 Å². The highest BCUT2D eigenvalue weighted by atomic mass is 16.1. The zero-order valence-corrected chi connectivity index (χ0v) is 9.93. The van der Waals surface area contributed by atoms with Crippen molar-refractivity contribution >= 4 is 5.91 Å². The summed E-state index contributed by atoms with van der Waals surface area (Å²) < 4.78 is 0. The fraction of sp³-hybridized carbons (Fsp3) is 0.357. The van der Waals surface area contributed by atoms with Gasteiger partial charge in [-0.15, -0.1) is 0 Å². The van der Waals surface area contributed by atoms with E-state index in [4.69, 9.17) is 0 Å². The minimum Gasteiger partial charge on any atom is -0.351 e. The molecule has 1 amide bonds. The first-order valence-electron chi connectivity index (χ1n) is 6.07. The maximum atomic E-state index is 11.7. The third-order valence-corrected chi connectivity index (χ3v) is 2.89. The lowest BCUT2D eigenvalue weighted by atomic mass is 10.2. The predicted molar refractivity (Wildman–Crippen MR) is 69.0 cm³/mol. The molecule has 0 saturated heterocycles. The molecule has 0 radical (unpaired) electrons. The molecular formula is C14H18N2O. The standard InChI is InChI=1S/C14H18N2O/c17-14(13-7-3-1-4-8-13)15-9-12-16-10-5-2-6-11-16/h1-5,7-8H,6,9-12H2,(H,15,17). The number of carbonyl (C=O) groups excluding carboxylic acids is 1. The van der Waals surface area contributed by atoms with Crippen molar-refractivity contribution in [2.45, 2.75) is 6.42 Å². The molecule has 0 aromatic heterocycles. The minimum atomic E-state index is 0.0122. The van der Waals surface area contributed by atoms with Gasteiger partial charge in [-0.1, -0.05) is 30.4 Å². The van der Waals surface area contributed by atoms with Gasteiger partial charge < -0.3 is 5.32 Å². The number of nitrogens with zero attached hydrogens (tertiary/aromatic N) is 1. The number of carbonyl (C=O) groups is 1. The summed E-state index contributed by atoms with van der Waals surface area (Å²) in [6.45, 7) is 3.73. The van der Waals surface area contributed by atoms with Crippen LogP contribution in [0, 0.1) is 0 Å². The average molecular weight is 230 g/mol. The normalized spacial score (nSPS) is 15.8. The summed E-state index contributed by atoms with van der Waals surface area (Å²) >= 11 is 0. The van der Waals surface area contributed by atoms with E-state index in [9.17, 15) is 4.79 Å². The topological polar surface area (TPSA) is 32.3 Å². The van der Waals surface area contributed by atoms with Crippen molar-refractivity contribution < 1.29 is 4.79 Å². The molecule has 1 aromatic rings. The van der Waals surface area contributed by atoms with E-state index in [0.29, 0.717) is 6.54 Å². The Labute approximate surface area is 102 Å². The first-order chi connectivity index (χ1) is 8.36. The lowest BCUT2D eigenvalue weighted by Gasteiger charge is -2.22. The quantitative estimate of drug-likeness (QED) is 0.798. The molecule has 0 spiro atoms. The summed E-state index contributed by atoms with van der Waals surface area (Å²) in [5.41, 5.74) is 0.728. The predicted octanol–water partition coefficient (Wildman–Crippen LogP) is 1.68. The van der Waals surface area contributed by atoms with Crippen LogP contribution in [0.4, 0.5) is 0 Å². The van der Waals surface area contributed by atoms with E-state index in [0.717, 1.165) is 31.6 Å². The SMILES string of the molecule is O=C(NCCN1CC=CCC1)c1ccccc1. The molecule has 1 heterocycles. The molecule has 2 rings (SSSR count). The Bertz CT molecular complexity index is 386. The Morgan fingerprint density at radius 3 is 2.76 bits per heavy atom. The lowest BCUT2D eigenvalue weighted by Crippen LogP contribution is -2.36. The molecule has 1 aliphatic rings. The van der Waals surface area contributed by atoms with Crippen molar-refractivity contribution in [3.05, 3.63) is 48.0 Å². The van der Waals surface area contributed by atoms with Crippen LogP contribution in [0.3, 0.4) is 0 Å². The smallest absolute Gasteiger partial charge is 0.251 e. The molecule has 1 aliphatic heterocycles. The second-order valence-corrected chi connectivity index (χ2v) is 4.18. The van der Waals surface area contributed by atoms with Gasteiger partial charge in [-0.05, 0) is 18.6 Å². The van der Waals surface area contributed by atoms with E-state index >= 15 is 0 Å². The van der Waals surface area contributed by atoms with Gasteiger partial charge in [0.05, 0.1) is 0 Å². The molecule has 0 fully saturated rings. The molecule has 17 heavy (non-hydrogen) atoms. The van der Waals surface area contributed by atoms with Crippen LogP contribution in [0.1, 0.15) is 16.8 Å². The number of benzene rings is 1. The summed E-state index contributed by atoms with van der Waals surface area (Å²) in [6, 6.07) is 9.34. The van der Waals surface area contributed by atoms with Gasteiger partial charge in [0.25, 0.3) is 5.91 Å². The molecule has 0 unspecified atom stereocenters. The maximum absolute atomic E-state index is 11.7. The van der Waals surface area contributed by atoms with Crippen LogP contribution in [0.5, 0.6) is 0 Å². The number of nitrogens with one attached hydrogen (secondary N) is 1. The highest BCUT2D eigenvalue weighted by Crippen LogP contribution is 2.00. The Morgan fingerprint density at radius 1 is 1.24 bits per heavy atom. The van der Waals surface area contributed by atoms with Crippen LogP contribution in [-0.2, 0) is 0 Å². The first kappa shape index (κ1) is 11.9. The third kappa shape index (κ3) is 3.71. The maximum Gasteiger partial charge on any atom is 0.251 e. The van der Waals surface area contributed by atoms with Crippen molar-refractivity contribution in [2.75, 3.05) is 26.2 Å². The van der Waals surface area contributed by atoms with Crippen LogP contribution in [0.25, 0.3) is 0 Å². The van der Waals surface area contributed by atoms with Crippen LogP contribution in [0.15, 0.2) is 42.5 Å². The summed E-state index contributed by atoms with van der Waals surface area (Å²) in [5.74, 6) is 0.0122. The molecule has 0 aliphatic carbocycles. The molecule has 3 heteroatoms. The monoisotopic (exact) mass is 230 g/mol. The second-order valence-electron chi connectivity index (χ2n) is 4.18. The summed E-state index contributed by atoms with van der Waals surface area (Å²) in [4.78, 5) is 14.1. The Kier molecular flexibility index (Phi) is 4.33. The van der Waals surface area contributed by atoms with Crippen LogP contribution < -0.4 is 5.32 Å². The molecule has 0 atom stereocenters. The van der Waals surface area contributed by atoms with E-state index in [2.05, 4.69) is 22.4 Å². The molecule has 0 bridgehead atoms. The summed E-state index contributed by atoms with van der Waals surface area (Å²) in [7, 11) is 0.